The molecule has 0 aliphatic heterocycles. The number of hydrogen-bond donors (Lipinski definition) is 1. The second kappa shape index (κ2) is 7.57. The van der Waals surface area contributed by atoms with Crippen LogP contribution in [0.1, 0.15) is 21.7 Å². The maximum atomic E-state index is 13.0. The summed E-state index contributed by atoms with van der Waals surface area (Å²) in [6.07, 6.45) is 0. The van der Waals surface area contributed by atoms with Crippen LogP contribution in [0.15, 0.2) is 57.9 Å². The highest BCUT2D eigenvalue weighted by molar-refractivity contribution is 7.89. The molecule has 1 amide bonds. The summed E-state index contributed by atoms with van der Waals surface area (Å²) in [5.74, 6) is -0.0359. The zero-order valence-electron chi connectivity index (χ0n) is 16.1. The molecule has 0 saturated heterocycles. The molecule has 0 bridgehead atoms. The molecular weight excluding hydrogens is 378 g/mol. The van der Waals surface area contributed by atoms with Crippen molar-refractivity contribution in [1.82, 2.24) is 9.46 Å². The maximum absolute atomic E-state index is 13.0. The molecule has 8 heteroatoms. The van der Waals surface area contributed by atoms with E-state index in [1.165, 1.54) is 26.2 Å². The van der Waals surface area contributed by atoms with Gasteiger partial charge < -0.3 is 9.84 Å². The number of nitrogens with one attached hydrogen (secondary N) is 1. The highest BCUT2D eigenvalue weighted by Gasteiger charge is 2.23. The van der Waals surface area contributed by atoms with Gasteiger partial charge in [-0.15, -0.1) is 0 Å². The van der Waals surface area contributed by atoms with Crippen molar-refractivity contribution in [2.45, 2.75) is 18.7 Å². The van der Waals surface area contributed by atoms with E-state index in [-0.39, 0.29) is 4.90 Å². The molecule has 0 aliphatic rings. The summed E-state index contributed by atoms with van der Waals surface area (Å²) in [7, 11) is -0.697. The summed E-state index contributed by atoms with van der Waals surface area (Å²) in [5, 5.41) is 6.81. The summed E-state index contributed by atoms with van der Waals surface area (Å²) in [5.41, 5.74) is 2.65. The minimum Gasteiger partial charge on any atom is -0.360 e. The summed E-state index contributed by atoms with van der Waals surface area (Å²) in [6.45, 7) is 3.45. The van der Waals surface area contributed by atoms with Gasteiger partial charge in [0.25, 0.3) is 5.91 Å². The number of hydrogen-bond acceptors (Lipinski definition) is 5. The molecule has 3 aromatic rings. The molecule has 3 rings (SSSR count). The molecule has 1 heterocycles. The summed E-state index contributed by atoms with van der Waals surface area (Å²) >= 11 is 0. The number of benzene rings is 2. The van der Waals surface area contributed by atoms with E-state index in [0.29, 0.717) is 22.7 Å². The average molecular weight is 399 g/mol. The second-order valence-corrected chi connectivity index (χ2v) is 8.70. The number of amides is 1. The first-order chi connectivity index (χ1) is 13.2. The maximum Gasteiger partial charge on any atom is 0.261 e. The third-order valence-corrected chi connectivity index (χ3v) is 6.18. The van der Waals surface area contributed by atoms with Gasteiger partial charge in [-0.05, 0) is 31.5 Å². The summed E-state index contributed by atoms with van der Waals surface area (Å²) in [4.78, 5) is 13.1. The fourth-order valence-electron chi connectivity index (χ4n) is 2.72. The molecule has 1 aromatic heterocycles. The van der Waals surface area contributed by atoms with Crippen molar-refractivity contribution in [3.05, 3.63) is 65.4 Å². The number of carbonyl (C=O) groups excluding carboxylic acids is 1. The van der Waals surface area contributed by atoms with Gasteiger partial charge in [-0.3, -0.25) is 4.79 Å². The van der Waals surface area contributed by atoms with E-state index in [4.69, 9.17) is 4.52 Å². The quantitative estimate of drug-likeness (QED) is 0.709. The lowest BCUT2D eigenvalue weighted by Gasteiger charge is -2.14. The number of sulfonamides is 1. The fraction of sp³-hybridized carbons (Fsp3) is 0.200. The first-order valence-corrected chi connectivity index (χ1v) is 10.0. The van der Waals surface area contributed by atoms with Gasteiger partial charge in [-0.25, -0.2) is 12.7 Å². The first-order valence-electron chi connectivity index (χ1n) is 8.58. The third kappa shape index (κ3) is 3.69. The fourth-order valence-corrected chi connectivity index (χ4v) is 3.65. The standard InChI is InChI=1S/C20H21N3O4S/c1-13-10-11-16(28(25,26)23(3)4)12-17(13)21-20(24)18-14(2)27-22-19(18)15-8-6-5-7-9-15/h5-12H,1-4H3,(H,21,24). The number of rotatable bonds is 5. The van der Waals surface area contributed by atoms with Crippen molar-refractivity contribution >= 4 is 21.6 Å². The van der Waals surface area contributed by atoms with Crippen molar-refractivity contribution < 1.29 is 17.7 Å². The number of anilines is 1. The SMILES string of the molecule is Cc1ccc(S(=O)(=O)N(C)C)cc1NC(=O)c1c(-c2ccccc2)noc1C. The van der Waals surface area contributed by atoms with E-state index in [2.05, 4.69) is 10.5 Å². The molecule has 0 spiro atoms. The van der Waals surface area contributed by atoms with E-state index < -0.39 is 15.9 Å². The number of carbonyl (C=O) groups is 1. The molecule has 1 N–H and O–H groups in total. The minimum atomic E-state index is -3.61. The van der Waals surface area contributed by atoms with Gasteiger partial charge >= 0.3 is 0 Å². The van der Waals surface area contributed by atoms with Gasteiger partial charge in [0.1, 0.15) is 17.0 Å². The van der Waals surface area contributed by atoms with E-state index in [1.807, 2.05) is 30.3 Å². The minimum absolute atomic E-state index is 0.101. The van der Waals surface area contributed by atoms with Crippen LogP contribution >= 0.6 is 0 Å². The summed E-state index contributed by atoms with van der Waals surface area (Å²) in [6, 6.07) is 13.9. The van der Waals surface area contributed by atoms with Crippen LogP contribution in [0, 0.1) is 13.8 Å². The largest absolute Gasteiger partial charge is 0.360 e. The molecule has 0 fully saturated rings. The Morgan fingerprint density at radius 3 is 2.39 bits per heavy atom. The Bertz CT molecular complexity index is 1120. The molecule has 0 aliphatic carbocycles. The van der Waals surface area contributed by atoms with Crippen molar-refractivity contribution in [2.75, 3.05) is 19.4 Å². The average Bonchev–Trinajstić information content (AvgIpc) is 3.05. The highest BCUT2D eigenvalue weighted by Crippen LogP contribution is 2.27. The van der Waals surface area contributed by atoms with E-state index in [1.54, 1.807) is 19.9 Å². The van der Waals surface area contributed by atoms with Gasteiger partial charge in [0.05, 0.1) is 4.90 Å². The van der Waals surface area contributed by atoms with Crippen molar-refractivity contribution in [3.8, 4) is 11.3 Å². The van der Waals surface area contributed by atoms with Gasteiger partial charge in [0.2, 0.25) is 10.0 Å². The van der Waals surface area contributed by atoms with Crippen molar-refractivity contribution in [3.63, 3.8) is 0 Å². The van der Waals surface area contributed by atoms with Gasteiger partial charge in [0, 0.05) is 25.3 Å². The van der Waals surface area contributed by atoms with Crippen LogP contribution in [0.4, 0.5) is 5.69 Å². The van der Waals surface area contributed by atoms with Gasteiger partial charge in [0.15, 0.2) is 0 Å². The predicted molar refractivity (Wildman–Crippen MR) is 107 cm³/mol. The van der Waals surface area contributed by atoms with E-state index in [0.717, 1.165) is 15.4 Å². The van der Waals surface area contributed by atoms with Crippen LogP contribution in [0.3, 0.4) is 0 Å². The van der Waals surface area contributed by atoms with E-state index >= 15 is 0 Å². The second-order valence-electron chi connectivity index (χ2n) is 6.55. The molecule has 0 unspecified atom stereocenters. The molecular formula is C20H21N3O4S. The summed E-state index contributed by atoms with van der Waals surface area (Å²) < 4.78 is 31.1. The highest BCUT2D eigenvalue weighted by atomic mass is 32.2. The number of nitrogens with zero attached hydrogens (tertiary/aromatic N) is 2. The third-order valence-electron chi connectivity index (χ3n) is 4.37. The first kappa shape index (κ1) is 19.8. The Morgan fingerprint density at radius 1 is 1.07 bits per heavy atom. The lowest BCUT2D eigenvalue weighted by Crippen LogP contribution is -2.22. The molecule has 7 nitrogen and oxygen atoms in total. The van der Waals surface area contributed by atoms with Gasteiger partial charge in [-0.2, -0.15) is 0 Å². The molecule has 0 saturated carbocycles. The Labute approximate surface area is 164 Å². The van der Waals surface area contributed by atoms with Crippen LogP contribution in [-0.2, 0) is 10.0 Å². The smallest absolute Gasteiger partial charge is 0.261 e. The molecule has 146 valence electrons. The molecule has 0 radical (unpaired) electrons. The molecule has 0 atom stereocenters. The Hall–Kier alpha value is -2.97. The van der Waals surface area contributed by atoms with Crippen LogP contribution in [-0.4, -0.2) is 37.9 Å². The zero-order valence-corrected chi connectivity index (χ0v) is 16.9. The van der Waals surface area contributed by atoms with Crippen molar-refractivity contribution in [1.29, 1.82) is 0 Å². The monoisotopic (exact) mass is 399 g/mol. The van der Waals surface area contributed by atoms with E-state index in [9.17, 15) is 13.2 Å². The Kier molecular flexibility index (Phi) is 5.35. The molecule has 2 aromatic carbocycles. The van der Waals surface area contributed by atoms with Crippen LogP contribution in [0.25, 0.3) is 11.3 Å². The molecule has 28 heavy (non-hydrogen) atoms. The zero-order chi connectivity index (χ0) is 20.5. The normalized spacial score (nSPS) is 11.6. The number of aromatic nitrogens is 1. The van der Waals surface area contributed by atoms with Crippen molar-refractivity contribution in [2.24, 2.45) is 0 Å². The lowest BCUT2D eigenvalue weighted by atomic mass is 10.1. The van der Waals surface area contributed by atoms with Crippen LogP contribution in [0.2, 0.25) is 0 Å². The van der Waals surface area contributed by atoms with Gasteiger partial charge in [-0.1, -0.05) is 41.6 Å². The van der Waals surface area contributed by atoms with Crippen LogP contribution < -0.4 is 5.32 Å². The predicted octanol–water partition coefficient (Wildman–Crippen LogP) is 3.46. The van der Waals surface area contributed by atoms with Crippen LogP contribution in [0.5, 0.6) is 0 Å². The Morgan fingerprint density at radius 2 is 1.75 bits per heavy atom. The number of aryl methyl sites for hydroxylation is 2. The lowest BCUT2D eigenvalue weighted by molar-refractivity contribution is 0.102. The topological polar surface area (TPSA) is 92.5 Å². The Balaban J connectivity index is 1.98.